The second kappa shape index (κ2) is 8.63. The van der Waals surface area contributed by atoms with Crippen molar-refractivity contribution in [2.24, 2.45) is 9.98 Å². The number of ketones is 1. The van der Waals surface area contributed by atoms with Crippen LogP contribution in [0.3, 0.4) is 0 Å². The topological polar surface area (TPSA) is 87.1 Å². The van der Waals surface area contributed by atoms with Gasteiger partial charge in [-0.15, -0.1) is 0 Å². The van der Waals surface area contributed by atoms with E-state index >= 15 is 0 Å². The van der Waals surface area contributed by atoms with Crippen LogP contribution in [0.15, 0.2) is 52.6 Å². The number of rotatable bonds is 7. The van der Waals surface area contributed by atoms with E-state index in [9.17, 15) is 9.59 Å². The Bertz CT molecular complexity index is 948. The second-order valence-electron chi connectivity index (χ2n) is 7.24. The summed E-state index contributed by atoms with van der Waals surface area (Å²) >= 11 is 0. The van der Waals surface area contributed by atoms with Gasteiger partial charge in [-0.2, -0.15) is 0 Å². The van der Waals surface area contributed by atoms with Crippen molar-refractivity contribution in [3.05, 3.63) is 59.4 Å². The molecule has 2 aliphatic rings. The molecular formula is C22H24N4O3. The fourth-order valence-electron chi connectivity index (χ4n) is 3.95. The summed E-state index contributed by atoms with van der Waals surface area (Å²) in [7, 11) is 1.61. The van der Waals surface area contributed by atoms with Crippen LogP contribution in [0.4, 0.5) is 0 Å². The Morgan fingerprint density at radius 2 is 2.21 bits per heavy atom. The van der Waals surface area contributed by atoms with Crippen LogP contribution in [-0.4, -0.2) is 65.8 Å². The molecule has 0 spiro atoms. The Hall–Kier alpha value is -2.90. The Morgan fingerprint density at radius 3 is 2.97 bits per heavy atom. The van der Waals surface area contributed by atoms with E-state index in [4.69, 9.17) is 9.73 Å². The average molecular weight is 392 g/mol. The van der Waals surface area contributed by atoms with Gasteiger partial charge in [0.1, 0.15) is 18.2 Å². The molecule has 0 amide bonds. The van der Waals surface area contributed by atoms with Gasteiger partial charge in [0.05, 0.1) is 18.3 Å². The van der Waals surface area contributed by atoms with Gasteiger partial charge in [0.15, 0.2) is 0 Å². The first kappa shape index (κ1) is 19.4. The van der Waals surface area contributed by atoms with Gasteiger partial charge in [0.2, 0.25) is 5.78 Å². The lowest BCUT2D eigenvalue weighted by Crippen LogP contribution is -2.36. The number of carbonyl (C=O) groups excluding carboxylic acids is 2. The van der Waals surface area contributed by atoms with Gasteiger partial charge in [-0.3, -0.25) is 19.7 Å². The first-order chi connectivity index (χ1) is 14.2. The SMILES string of the molecule is COC(CC=O)N1CC[C@@H](N=C2C(C(=O)c3ccccc3)=NCc3[nH]ccc32)C1. The molecule has 3 heterocycles. The van der Waals surface area contributed by atoms with Gasteiger partial charge in [0.25, 0.3) is 0 Å². The van der Waals surface area contributed by atoms with Gasteiger partial charge < -0.3 is 14.5 Å². The Labute approximate surface area is 169 Å². The highest BCUT2D eigenvalue weighted by molar-refractivity contribution is 6.73. The summed E-state index contributed by atoms with van der Waals surface area (Å²) in [5.41, 5.74) is 3.58. The van der Waals surface area contributed by atoms with Crippen molar-refractivity contribution in [3.63, 3.8) is 0 Å². The van der Waals surface area contributed by atoms with Crippen molar-refractivity contribution in [1.82, 2.24) is 9.88 Å². The molecular weight excluding hydrogens is 368 g/mol. The number of aromatic nitrogens is 1. The molecule has 0 bridgehead atoms. The normalized spacial score (nSPS) is 21.6. The number of hydrogen-bond donors (Lipinski definition) is 1. The van der Waals surface area contributed by atoms with Gasteiger partial charge in [0, 0.05) is 49.6 Å². The first-order valence-corrected chi connectivity index (χ1v) is 9.80. The third kappa shape index (κ3) is 3.97. The predicted octanol–water partition coefficient (Wildman–Crippen LogP) is 2.28. The largest absolute Gasteiger partial charge is 0.366 e. The lowest BCUT2D eigenvalue weighted by Gasteiger charge is -2.24. The lowest BCUT2D eigenvalue weighted by molar-refractivity contribution is -0.113. The summed E-state index contributed by atoms with van der Waals surface area (Å²) in [6.07, 6.45) is 3.68. The number of carbonyl (C=O) groups is 2. The molecule has 2 aliphatic heterocycles. The van der Waals surface area contributed by atoms with E-state index in [1.54, 1.807) is 19.2 Å². The quantitative estimate of drug-likeness (QED) is 0.578. The summed E-state index contributed by atoms with van der Waals surface area (Å²) in [6.45, 7) is 1.92. The molecule has 1 aromatic heterocycles. The zero-order valence-corrected chi connectivity index (χ0v) is 16.4. The van der Waals surface area contributed by atoms with Crippen molar-refractivity contribution in [2.75, 3.05) is 20.2 Å². The molecule has 0 saturated carbocycles. The van der Waals surface area contributed by atoms with Gasteiger partial charge in [-0.1, -0.05) is 30.3 Å². The number of Topliss-reactive ketones (excluding diaryl/α,β-unsaturated/α-hetero) is 1. The van der Waals surface area contributed by atoms with Crippen LogP contribution in [0.2, 0.25) is 0 Å². The Morgan fingerprint density at radius 1 is 1.38 bits per heavy atom. The number of nitrogens with zero attached hydrogens (tertiary/aromatic N) is 3. The molecule has 0 aliphatic carbocycles. The number of fused-ring (bicyclic) bond motifs is 1. The number of H-pyrrole nitrogens is 1. The molecule has 1 fully saturated rings. The molecule has 1 saturated heterocycles. The number of aldehydes is 1. The van der Waals surface area contributed by atoms with Crippen LogP contribution in [-0.2, 0) is 16.1 Å². The minimum Gasteiger partial charge on any atom is -0.366 e. The summed E-state index contributed by atoms with van der Waals surface area (Å²) < 4.78 is 5.44. The second-order valence-corrected chi connectivity index (χ2v) is 7.24. The zero-order valence-electron chi connectivity index (χ0n) is 16.4. The van der Waals surface area contributed by atoms with Crippen LogP contribution in [0.25, 0.3) is 0 Å². The highest BCUT2D eigenvalue weighted by Gasteiger charge is 2.31. The molecule has 0 radical (unpaired) electrons. The molecule has 1 aromatic carbocycles. The van der Waals surface area contributed by atoms with Crippen molar-refractivity contribution in [3.8, 4) is 0 Å². The molecule has 4 rings (SSSR count). The Balaban J connectivity index is 1.62. The number of benzene rings is 1. The van der Waals surface area contributed by atoms with Crippen LogP contribution in [0.5, 0.6) is 0 Å². The number of methoxy groups -OCH3 is 1. The van der Waals surface area contributed by atoms with Crippen LogP contribution >= 0.6 is 0 Å². The van der Waals surface area contributed by atoms with Crippen LogP contribution < -0.4 is 0 Å². The highest BCUT2D eigenvalue weighted by atomic mass is 16.5. The number of aromatic amines is 1. The maximum absolute atomic E-state index is 13.1. The van der Waals surface area contributed by atoms with Gasteiger partial charge >= 0.3 is 0 Å². The van der Waals surface area contributed by atoms with Gasteiger partial charge in [-0.05, 0) is 12.5 Å². The third-order valence-electron chi connectivity index (χ3n) is 5.44. The van der Waals surface area contributed by atoms with Crippen molar-refractivity contribution in [1.29, 1.82) is 0 Å². The maximum atomic E-state index is 13.1. The van der Waals surface area contributed by atoms with Crippen LogP contribution in [0, 0.1) is 0 Å². The summed E-state index contributed by atoms with van der Waals surface area (Å²) in [6, 6.07) is 11.2. The standard InChI is InChI=1S/C22H24N4O3/c1-29-19(9-12-27)26-11-8-16(14-26)25-20-17-7-10-23-18(17)13-24-21(20)22(28)15-5-3-2-4-6-15/h2-7,10,12,16,19,23H,8-9,11,13-14H2,1H3/t16-,19?/m1/s1. The molecule has 1 unspecified atom stereocenters. The first-order valence-electron chi connectivity index (χ1n) is 9.80. The van der Waals surface area contributed by atoms with Crippen LogP contribution in [0.1, 0.15) is 34.5 Å². The monoisotopic (exact) mass is 392 g/mol. The average Bonchev–Trinajstić information content (AvgIpc) is 3.42. The van der Waals surface area contributed by atoms with Crippen molar-refractivity contribution in [2.45, 2.75) is 31.7 Å². The number of ether oxygens (including phenoxy) is 1. The van der Waals surface area contributed by atoms with Crippen molar-refractivity contribution >= 4 is 23.5 Å². The fourth-order valence-corrected chi connectivity index (χ4v) is 3.95. The summed E-state index contributed by atoms with van der Waals surface area (Å²) in [5.74, 6) is -0.109. The zero-order chi connectivity index (χ0) is 20.2. The van der Waals surface area contributed by atoms with E-state index < -0.39 is 0 Å². The maximum Gasteiger partial charge on any atom is 0.213 e. The van der Waals surface area contributed by atoms with Gasteiger partial charge in [-0.25, -0.2) is 0 Å². The Kier molecular flexibility index (Phi) is 5.78. The molecule has 2 atom stereocenters. The smallest absolute Gasteiger partial charge is 0.213 e. The van der Waals surface area contributed by atoms with E-state index in [1.165, 1.54) is 0 Å². The highest BCUT2D eigenvalue weighted by Crippen LogP contribution is 2.23. The lowest BCUT2D eigenvalue weighted by atomic mass is 9.96. The number of aliphatic imine (C=N–C) groups is 2. The summed E-state index contributed by atoms with van der Waals surface area (Å²) in [5, 5.41) is 0. The number of hydrogen-bond acceptors (Lipinski definition) is 6. The number of likely N-dealkylation sites (tertiary alicyclic amines) is 1. The minimum absolute atomic E-state index is 0.0175. The van der Waals surface area contributed by atoms with E-state index in [0.717, 1.165) is 30.5 Å². The van der Waals surface area contributed by atoms with E-state index in [0.29, 0.717) is 36.5 Å². The number of nitrogens with one attached hydrogen (secondary N) is 1. The fraction of sp³-hybridized carbons (Fsp3) is 0.364. The van der Waals surface area contributed by atoms with E-state index in [1.807, 2.05) is 30.5 Å². The minimum atomic E-state index is -0.231. The van der Waals surface area contributed by atoms with Crippen molar-refractivity contribution < 1.29 is 14.3 Å². The molecule has 29 heavy (non-hydrogen) atoms. The van der Waals surface area contributed by atoms with E-state index in [2.05, 4.69) is 14.9 Å². The third-order valence-corrected chi connectivity index (χ3v) is 5.44. The van der Waals surface area contributed by atoms with E-state index in [-0.39, 0.29) is 18.1 Å². The molecule has 150 valence electrons. The predicted molar refractivity (Wildman–Crippen MR) is 111 cm³/mol. The molecule has 2 aromatic rings. The molecule has 1 N–H and O–H groups in total. The molecule has 7 nitrogen and oxygen atoms in total. The summed E-state index contributed by atoms with van der Waals surface area (Å²) in [4.78, 5) is 38.9. The molecule has 7 heteroatoms.